The molecule has 0 radical (unpaired) electrons. The number of hydrogen-bond acceptors (Lipinski definition) is 5. The average Bonchev–Trinajstić information content (AvgIpc) is 2.79. The van der Waals surface area contributed by atoms with Crippen LogP contribution in [-0.4, -0.2) is 32.0 Å². The zero-order valence-corrected chi connectivity index (χ0v) is 11.7. The second kappa shape index (κ2) is 4.56. The van der Waals surface area contributed by atoms with Crippen LogP contribution in [0.25, 0.3) is 5.65 Å². The minimum absolute atomic E-state index is 0.302. The van der Waals surface area contributed by atoms with E-state index in [0.29, 0.717) is 5.82 Å². The zero-order chi connectivity index (χ0) is 14.2. The summed E-state index contributed by atoms with van der Waals surface area (Å²) in [6.45, 7) is 5.97. The number of fused-ring (bicyclic) bond motifs is 1. The standard InChI is InChI=1S/C14H16N6/c1-10-17-9-11(8-14(2,3)19-10)18-12-13-16-5-7-20(13)6-4-15-12/h4-9H,1-3H3,(H,15,18). The van der Waals surface area contributed by atoms with Crippen molar-refractivity contribution in [2.75, 3.05) is 5.32 Å². The smallest absolute Gasteiger partial charge is 0.180 e. The predicted molar refractivity (Wildman–Crippen MR) is 80.4 cm³/mol. The maximum Gasteiger partial charge on any atom is 0.180 e. The molecule has 0 unspecified atom stereocenters. The monoisotopic (exact) mass is 268 g/mol. The first kappa shape index (κ1) is 12.5. The van der Waals surface area contributed by atoms with Crippen molar-refractivity contribution in [3.8, 4) is 0 Å². The van der Waals surface area contributed by atoms with Crippen LogP contribution in [0.4, 0.5) is 5.82 Å². The van der Waals surface area contributed by atoms with Crippen LogP contribution in [0.3, 0.4) is 0 Å². The maximum atomic E-state index is 4.51. The van der Waals surface area contributed by atoms with Crippen LogP contribution >= 0.6 is 0 Å². The van der Waals surface area contributed by atoms with Crippen LogP contribution in [0.2, 0.25) is 0 Å². The summed E-state index contributed by atoms with van der Waals surface area (Å²) in [6.07, 6.45) is 11.0. The fraction of sp³-hybridized carbons (Fsp3) is 0.286. The van der Waals surface area contributed by atoms with Gasteiger partial charge in [0.2, 0.25) is 0 Å². The zero-order valence-electron chi connectivity index (χ0n) is 11.7. The normalized spacial score (nSPS) is 17.6. The third-order valence-electron chi connectivity index (χ3n) is 2.92. The van der Waals surface area contributed by atoms with Gasteiger partial charge >= 0.3 is 0 Å². The number of nitrogens with zero attached hydrogens (tertiary/aromatic N) is 5. The van der Waals surface area contributed by atoms with Crippen LogP contribution in [0.15, 0.2) is 46.5 Å². The summed E-state index contributed by atoms with van der Waals surface area (Å²) in [7, 11) is 0. The second-order valence-electron chi connectivity index (χ2n) is 5.23. The molecule has 6 nitrogen and oxygen atoms in total. The molecular formula is C14H16N6. The minimum Gasteiger partial charge on any atom is -0.336 e. The van der Waals surface area contributed by atoms with Gasteiger partial charge in [-0.05, 0) is 26.8 Å². The Morgan fingerprint density at radius 3 is 2.70 bits per heavy atom. The van der Waals surface area contributed by atoms with Crippen LogP contribution in [0.1, 0.15) is 20.8 Å². The highest BCUT2D eigenvalue weighted by atomic mass is 15.1. The van der Waals surface area contributed by atoms with Crippen molar-refractivity contribution in [1.29, 1.82) is 0 Å². The summed E-state index contributed by atoms with van der Waals surface area (Å²) in [6, 6.07) is 0. The van der Waals surface area contributed by atoms with Crippen molar-refractivity contribution < 1.29 is 0 Å². The van der Waals surface area contributed by atoms with E-state index in [-0.39, 0.29) is 5.54 Å². The fourth-order valence-electron chi connectivity index (χ4n) is 2.21. The molecule has 3 heterocycles. The molecule has 0 atom stereocenters. The molecule has 0 amide bonds. The molecule has 0 aromatic carbocycles. The van der Waals surface area contributed by atoms with Gasteiger partial charge in [0, 0.05) is 24.8 Å². The molecule has 1 N–H and O–H groups in total. The van der Waals surface area contributed by atoms with E-state index in [1.54, 1.807) is 18.6 Å². The van der Waals surface area contributed by atoms with Gasteiger partial charge in [0.25, 0.3) is 0 Å². The van der Waals surface area contributed by atoms with Gasteiger partial charge < -0.3 is 9.72 Å². The van der Waals surface area contributed by atoms with Crippen molar-refractivity contribution in [2.45, 2.75) is 26.3 Å². The molecule has 0 spiro atoms. The third-order valence-corrected chi connectivity index (χ3v) is 2.92. The molecule has 20 heavy (non-hydrogen) atoms. The Morgan fingerprint density at radius 2 is 1.90 bits per heavy atom. The van der Waals surface area contributed by atoms with Crippen molar-refractivity contribution >= 4 is 23.5 Å². The molecule has 3 rings (SSSR count). The molecule has 6 heteroatoms. The number of aliphatic imine (C=N–C) groups is 2. The lowest BCUT2D eigenvalue weighted by molar-refractivity contribution is 0.655. The number of anilines is 1. The summed E-state index contributed by atoms with van der Waals surface area (Å²) in [4.78, 5) is 17.5. The Morgan fingerprint density at radius 1 is 1.15 bits per heavy atom. The quantitative estimate of drug-likeness (QED) is 0.908. The van der Waals surface area contributed by atoms with Gasteiger partial charge in [-0.25, -0.2) is 15.0 Å². The van der Waals surface area contributed by atoms with Gasteiger partial charge in [-0.15, -0.1) is 0 Å². The fourth-order valence-corrected chi connectivity index (χ4v) is 2.21. The van der Waals surface area contributed by atoms with E-state index in [4.69, 9.17) is 0 Å². The van der Waals surface area contributed by atoms with Crippen molar-refractivity contribution in [3.63, 3.8) is 0 Å². The lowest BCUT2D eigenvalue weighted by atomic mass is 10.1. The predicted octanol–water partition coefficient (Wildman–Crippen LogP) is 2.31. The Labute approximate surface area is 117 Å². The van der Waals surface area contributed by atoms with Crippen molar-refractivity contribution in [3.05, 3.63) is 36.6 Å². The molecule has 0 aliphatic carbocycles. The molecular weight excluding hydrogens is 252 g/mol. The summed E-state index contributed by atoms with van der Waals surface area (Å²) in [5.74, 6) is 1.46. The largest absolute Gasteiger partial charge is 0.336 e. The topological polar surface area (TPSA) is 66.9 Å². The highest BCUT2D eigenvalue weighted by Crippen LogP contribution is 2.19. The minimum atomic E-state index is -0.302. The molecule has 1 aliphatic rings. The van der Waals surface area contributed by atoms with Gasteiger partial charge in [0.1, 0.15) is 5.84 Å². The Kier molecular flexibility index (Phi) is 2.85. The Balaban J connectivity index is 1.97. The summed E-state index contributed by atoms with van der Waals surface area (Å²) in [5, 5.41) is 3.27. The molecule has 0 saturated carbocycles. The van der Waals surface area contributed by atoms with E-state index in [9.17, 15) is 0 Å². The number of nitrogens with one attached hydrogen (secondary N) is 1. The van der Waals surface area contributed by atoms with Gasteiger partial charge in [0.05, 0.1) is 17.5 Å². The molecule has 2 aromatic heterocycles. The highest BCUT2D eigenvalue weighted by Gasteiger charge is 2.17. The first-order valence-electron chi connectivity index (χ1n) is 6.42. The highest BCUT2D eigenvalue weighted by molar-refractivity contribution is 5.96. The van der Waals surface area contributed by atoms with Gasteiger partial charge in [-0.2, -0.15) is 0 Å². The summed E-state index contributed by atoms with van der Waals surface area (Å²) in [5.41, 5.74) is 1.34. The van der Waals surface area contributed by atoms with E-state index in [0.717, 1.165) is 17.2 Å². The van der Waals surface area contributed by atoms with Gasteiger partial charge in [-0.3, -0.25) is 4.99 Å². The lowest BCUT2D eigenvalue weighted by Crippen LogP contribution is -2.16. The number of rotatable bonds is 2. The van der Waals surface area contributed by atoms with Gasteiger partial charge in [0.15, 0.2) is 11.5 Å². The van der Waals surface area contributed by atoms with Crippen LogP contribution < -0.4 is 5.32 Å². The van der Waals surface area contributed by atoms with Crippen molar-refractivity contribution in [1.82, 2.24) is 14.4 Å². The van der Waals surface area contributed by atoms with Crippen LogP contribution in [-0.2, 0) is 0 Å². The van der Waals surface area contributed by atoms with E-state index in [1.165, 1.54) is 0 Å². The van der Waals surface area contributed by atoms with Crippen LogP contribution in [0, 0.1) is 0 Å². The summed E-state index contributed by atoms with van der Waals surface area (Å²) < 4.78 is 1.91. The first-order valence-corrected chi connectivity index (χ1v) is 6.42. The molecule has 0 bridgehead atoms. The number of hydrogen-bond donors (Lipinski definition) is 1. The molecule has 102 valence electrons. The first-order chi connectivity index (χ1) is 9.53. The molecule has 0 fully saturated rings. The SMILES string of the molecule is CC1=NC(C)(C)C=C(Nc2nccn3ccnc23)C=N1. The number of amidine groups is 1. The maximum absolute atomic E-state index is 4.51. The third kappa shape index (κ3) is 2.45. The number of imidazole rings is 1. The number of aromatic nitrogens is 3. The second-order valence-corrected chi connectivity index (χ2v) is 5.23. The van der Waals surface area contributed by atoms with E-state index in [1.807, 2.05) is 43.6 Å². The average molecular weight is 268 g/mol. The lowest BCUT2D eigenvalue weighted by Gasteiger charge is -2.15. The van der Waals surface area contributed by atoms with Crippen LogP contribution in [0.5, 0.6) is 0 Å². The number of allylic oxidation sites excluding steroid dienone is 1. The van der Waals surface area contributed by atoms with E-state index >= 15 is 0 Å². The Hall–Kier alpha value is -2.50. The molecule has 2 aromatic rings. The van der Waals surface area contributed by atoms with Gasteiger partial charge in [-0.1, -0.05) is 0 Å². The van der Waals surface area contributed by atoms with E-state index < -0.39 is 0 Å². The van der Waals surface area contributed by atoms with E-state index in [2.05, 4.69) is 25.3 Å². The van der Waals surface area contributed by atoms with Crippen molar-refractivity contribution in [2.24, 2.45) is 9.98 Å². The Bertz CT molecular complexity index is 735. The molecule has 0 saturated heterocycles. The summed E-state index contributed by atoms with van der Waals surface area (Å²) >= 11 is 0. The molecule has 1 aliphatic heterocycles.